The molecule has 3 heterocycles. The number of rotatable bonds is 4. The number of aryl methyl sites for hydroxylation is 1. The molecular formula is C17H23ClN6O6S. The summed E-state index contributed by atoms with van der Waals surface area (Å²) >= 11 is 1.44. The van der Waals surface area contributed by atoms with Crippen molar-refractivity contribution in [2.75, 3.05) is 14.1 Å². The van der Waals surface area contributed by atoms with Gasteiger partial charge >= 0.3 is 5.89 Å². The summed E-state index contributed by atoms with van der Waals surface area (Å²) < 4.78 is 45.0. The Balaban J connectivity index is 0.000000614. The smallest absolute Gasteiger partial charge is 0.376 e. The van der Waals surface area contributed by atoms with E-state index < -0.39 is 10.2 Å². The third kappa shape index (κ3) is 6.46. The van der Waals surface area contributed by atoms with Gasteiger partial charge < -0.3 is 4.42 Å². The predicted molar refractivity (Wildman–Crippen MR) is 99.3 cm³/mol. The van der Waals surface area contributed by atoms with E-state index in [-0.39, 0.29) is 5.56 Å². The van der Waals surface area contributed by atoms with Crippen LogP contribution in [0.15, 0.2) is 37.8 Å². The lowest BCUT2D eigenvalue weighted by Gasteiger charge is -2.17. The largest absolute Gasteiger partial charge is 0.406 e. The van der Waals surface area contributed by atoms with Crippen LogP contribution in [0.25, 0.3) is 12.2 Å². The molecule has 1 aliphatic rings. The van der Waals surface area contributed by atoms with Crippen molar-refractivity contribution < 1.29 is 37.9 Å². The zero-order chi connectivity index (χ0) is 23.3. The number of hydrogen-bond acceptors (Lipinski definition) is 11. The third-order valence-electron chi connectivity index (χ3n) is 4.21. The molecule has 3 rings (SSSR count). The van der Waals surface area contributed by atoms with Crippen LogP contribution < -0.4 is 38.0 Å². The van der Waals surface area contributed by atoms with Gasteiger partial charge in [0.25, 0.3) is 5.56 Å². The van der Waals surface area contributed by atoms with Crippen molar-refractivity contribution in [2.24, 2.45) is 10.4 Å². The van der Waals surface area contributed by atoms with E-state index in [4.69, 9.17) is 23.1 Å². The first-order valence-electron chi connectivity index (χ1n) is 9.08. The molecule has 0 radical (unpaired) electrons. The maximum atomic E-state index is 12.7. The summed E-state index contributed by atoms with van der Waals surface area (Å²) in [5.41, 5.74) is 1.04. The van der Waals surface area contributed by atoms with Crippen LogP contribution in [0.2, 0.25) is 0 Å². The predicted octanol–water partition coefficient (Wildman–Crippen LogP) is -4.01. The molecule has 0 saturated carbocycles. The quantitative estimate of drug-likeness (QED) is 0.404. The Morgan fingerprint density at radius 1 is 1.16 bits per heavy atom. The van der Waals surface area contributed by atoms with Crippen LogP contribution in [0.3, 0.4) is 0 Å². The van der Waals surface area contributed by atoms with Gasteiger partial charge in [0.15, 0.2) is 6.26 Å². The second-order valence-electron chi connectivity index (χ2n) is 6.25. The van der Waals surface area contributed by atoms with Gasteiger partial charge in [-0.15, -0.1) is 21.6 Å². The van der Waals surface area contributed by atoms with Crippen LogP contribution in [0.4, 0.5) is 0 Å². The molecule has 0 aromatic carbocycles. The first-order chi connectivity index (χ1) is 14.5. The minimum atomic E-state index is -4.94. The molecule has 0 spiro atoms. The van der Waals surface area contributed by atoms with Gasteiger partial charge in [-0.25, -0.2) is 28.7 Å². The lowest BCUT2D eigenvalue weighted by Crippen LogP contribution is -2.68. The van der Waals surface area contributed by atoms with Crippen molar-refractivity contribution in [3.8, 4) is 0 Å². The third-order valence-corrected chi connectivity index (χ3v) is 5.29. The molecule has 0 fully saturated rings. The monoisotopic (exact) mass is 474 g/mol. The fraction of sp³-hybridized carbons (Fsp3) is 0.412. The molecule has 1 aliphatic heterocycles. The summed E-state index contributed by atoms with van der Waals surface area (Å²) in [5, 5.41) is 11.2. The second kappa shape index (κ2) is 10.2. The molecule has 31 heavy (non-hydrogen) atoms. The molecule has 12 nitrogen and oxygen atoms in total. The summed E-state index contributed by atoms with van der Waals surface area (Å²) in [7, 11) is -1.32. The van der Waals surface area contributed by atoms with Crippen LogP contribution in [-0.4, -0.2) is 28.7 Å². The molecule has 2 aromatic rings. The van der Waals surface area contributed by atoms with Crippen molar-refractivity contribution >= 4 is 23.5 Å². The van der Waals surface area contributed by atoms with Gasteiger partial charge in [-0.2, -0.15) is 4.57 Å². The summed E-state index contributed by atoms with van der Waals surface area (Å²) in [4.78, 5) is 12.7. The van der Waals surface area contributed by atoms with Crippen molar-refractivity contribution in [1.29, 1.82) is 0 Å². The van der Waals surface area contributed by atoms with Crippen LogP contribution in [-0.2, 0) is 13.1 Å². The van der Waals surface area contributed by atoms with Gasteiger partial charge in [-0.05, 0) is 36.4 Å². The average molecular weight is 475 g/mol. The molecule has 14 heteroatoms. The van der Waals surface area contributed by atoms with Gasteiger partial charge in [0.1, 0.15) is 17.0 Å². The molecule has 170 valence electrons. The van der Waals surface area contributed by atoms with Crippen LogP contribution in [0.1, 0.15) is 25.4 Å². The van der Waals surface area contributed by atoms with E-state index in [9.17, 15) is 4.79 Å². The topological polar surface area (TPSA) is 162 Å². The maximum absolute atomic E-state index is 12.7. The minimum absolute atomic E-state index is 0.0101. The Hall–Kier alpha value is -2.55. The fourth-order valence-electron chi connectivity index (χ4n) is 2.81. The van der Waals surface area contributed by atoms with Gasteiger partial charge in [0.2, 0.25) is 5.69 Å². The Labute approximate surface area is 183 Å². The molecule has 0 aliphatic carbocycles. The van der Waals surface area contributed by atoms with Gasteiger partial charge in [-0.3, -0.25) is 9.36 Å². The van der Waals surface area contributed by atoms with Crippen LogP contribution in [0.5, 0.6) is 0 Å². The van der Waals surface area contributed by atoms with E-state index in [1.165, 1.54) is 11.3 Å². The number of oxazole rings is 1. The summed E-state index contributed by atoms with van der Waals surface area (Å²) in [5.74, 6) is 1.54. The lowest BCUT2D eigenvalue weighted by atomic mass is 10.4. The molecule has 2 aromatic heterocycles. The van der Waals surface area contributed by atoms with Crippen molar-refractivity contribution in [3.63, 3.8) is 0 Å². The lowest BCUT2D eigenvalue weighted by molar-refractivity contribution is -2.00. The minimum Gasteiger partial charge on any atom is -0.406 e. The number of thiazole rings is 1. The Morgan fingerprint density at radius 3 is 2.26 bits per heavy atom. The number of allylic oxidation sites excluding steroid dienone is 1. The molecule has 0 unspecified atom stereocenters. The maximum Gasteiger partial charge on any atom is 0.376 e. The highest BCUT2D eigenvalue weighted by Crippen LogP contribution is 2.15. The van der Waals surface area contributed by atoms with E-state index >= 15 is 0 Å². The van der Waals surface area contributed by atoms with Crippen molar-refractivity contribution in [3.05, 3.63) is 49.3 Å². The summed E-state index contributed by atoms with van der Waals surface area (Å²) in [6.45, 7) is 7.44. The van der Waals surface area contributed by atoms with E-state index in [2.05, 4.69) is 21.9 Å². The SMILES string of the molecule is CCn1c(=Cc2occ(C)[n+]2CC)sc(=CC=C2N(C)N=NN2C)c1=O.[O-][Cl+3]([O-])([O-])[O-]. The van der Waals surface area contributed by atoms with E-state index in [0.29, 0.717) is 11.1 Å². The second-order valence-corrected chi connectivity index (χ2v) is 8.07. The summed E-state index contributed by atoms with van der Waals surface area (Å²) in [6, 6.07) is 0. The van der Waals surface area contributed by atoms with Crippen LogP contribution >= 0.6 is 11.3 Å². The zero-order valence-electron chi connectivity index (χ0n) is 17.6. The van der Waals surface area contributed by atoms with Gasteiger partial charge in [0, 0.05) is 27.6 Å². The normalized spacial score (nSPS) is 15.1. The van der Waals surface area contributed by atoms with Crippen molar-refractivity contribution in [2.45, 2.75) is 33.9 Å². The Bertz CT molecular complexity index is 1130. The van der Waals surface area contributed by atoms with E-state index in [0.717, 1.165) is 28.6 Å². The molecule has 0 saturated heterocycles. The molecule has 0 N–H and O–H groups in total. The average Bonchev–Trinajstić information content (AvgIpc) is 3.28. The highest BCUT2D eigenvalue weighted by Gasteiger charge is 2.17. The van der Waals surface area contributed by atoms with Crippen LogP contribution in [0, 0.1) is 17.2 Å². The molecule has 0 atom stereocenters. The Morgan fingerprint density at radius 2 is 1.74 bits per heavy atom. The van der Waals surface area contributed by atoms with Gasteiger partial charge in [0.05, 0.1) is 10.6 Å². The molecular weight excluding hydrogens is 452 g/mol. The van der Waals surface area contributed by atoms with E-state index in [1.54, 1.807) is 20.8 Å². The fourth-order valence-corrected chi connectivity index (χ4v) is 3.85. The number of halogens is 1. The Kier molecular flexibility index (Phi) is 8.11. The first kappa shape index (κ1) is 24.7. The van der Waals surface area contributed by atoms with E-state index in [1.807, 2.05) is 46.2 Å². The zero-order valence-corrected chi connectivity index (χ0v) is 19.2. The summed E-state index contributed by atoms with van der Waals surface area (Å²) in [6.07, 6.45) is 7.32. The number of aromatic nitrogens is 2. The number of hydrogen-bond donors (Lipinski definition) is 0. The number of nitrogens with zero attached hydrogens (tertiary/aromatic N) is 6. The highest BCUT2D eigenvalue weighted by atomic mass is 35.7. The molecule has 0 amide bonds. The van der Waals surface area contributed by atoms with Crippen molar-refractivity contribution in [1.82, 2.24) is 14.6 Å². The first-order valence-corrected chi connectivity index (χ1v) is 11.1. The van der Waals surface area contributed by atoms with Gasteiger partial charge in [-0.1, -0.05) is 0 Å². The highest BCUT2D eigenvalue weighted by molar-refractivity contribution is 7.07. The molecule has 0 bridgehead atoms. The standard InChI is InChI=1S/C17H23N6O2S.ClHO4/c1-6-22-12(3)11-25-15(22)10-16-23(7-2)17(24)13(26-16)8-9-14-20(4)18-19-21(14)5;2-1(3,4)5/h8-11H,6-7H2,1-5H3;(H,2,3,4,5)/q+1;/p-1.